The number of allylic oxidation sites excluding steroid dienone is 1. The lowest BCUT2D eigenvalue weighted by molar-refractivity contribution is 0.104. The van der Waals surface area contributed by atoms with Crippen molar-refractivity contribution in [2.45, 2.75) is 4.90 Å². The number of sulfonamides is 1. The number of nitrogens with one attached hydrogen (secondary N) is 2. The molecule has 0 spiro atoms. The van der Waals surface area contributed by atoms with E-state index < -0.39 is 21.4 Å². The number of ether oxygens (including phenoxy) is 1. The Morgan fingerprint density at radius 1 is 0.970 bits per heavy atom. The number of hydrogen-bond donors (Lipinski definition) is 2. The number of fused-ring (bicyclic) bond motifs is 1. The lowest BCUT2D eigenvalue weighted by atomic mass is 10.1. The molecule has 33 heavy (non-hydrogen) atoms. The second-order valence-corrected chi connectivity index (χ2v) is 8.79. The molecule has 1 aromatic heterocycles. The van der Waals surface area contributed by atoms with Gasteiger partial charge in [0.2, 0.25) is 0 Å². The Hall–Kier alpha value is -4.17. The number of aromatic nitrogens is 1. The van der Waals surface area contributed by atoms with Crippen LogP contribution in [0.3, 0.4) is 0 Å². The van der Waals surface area contributed by atoms with Crippen molar-refractivity contribution in [3.63, 3.8) is 0 Å². The first kappa shape index (κ1) is 22.0. The van der Waals surface area contributed by atoms with E-state index in [1.54, 1.807) is 42.5 Å². The summed E-state index contributed by atoms with van der Waals surface area (Å²) in [4.78, 5) is 27.9. The maximum absolute atomic E-state index is 13.0. The van der Waals surface area contributed by atoms with Crippen LogP contribution >= 0.6 is 0 Å². The maximum atomic E-state index is 13.0. The van der Waals surface area contributed by atoms with Crippen molar-refractivity contribution in [3.8, 4) is 5.75 Å². The zero-order chi connectivity index (χ0) is 23.4. The zero-order valence-electron chi connectivity index (χ0n) is 17.6. The first-order chi connectivity index (χ1) is 15.9. The highest BCUT2D eigenvalue weighted by molar-refractivity contribution is 7.92. The number of pyridine rings is 1. The normalized spacial score (nSPS) is 11.5. The molecule has 0 aliphatic rings. The molecule has 0 atom stereocenters. The van der Waals surface area contributed by atoms with Crippen LogP contribution in [-0.4, -0.2) is 26.3 Å². The molecular weight excluding hydrogens is 440 g/mol. The number of methoxy groups -OCH3 is 1. The minimum absolute atomic E-state index is 0.0315. The molecular formula is C25H20N2O5S. The van der Waals surface area contributed by atoms with Crippen molar-refractivity contribution in [1.82, 2.24) is 4.98 Å². The van der Waals surface area contributed by atoms with Crippen LogP contribution in [0.4, 0.5) is 5.69 Å². The first-order valence-corrected chi connectivity index (χ1v) is 11.5. The third-order valence-corrected chi connectivity index (χ3v) is 6.39. The van der Waals surface area contributed by atoms with Gasteiger partial charge in [0.25, 0.3) is 15.6 Å². The number of H-pyrrole nitrogens is 1. The van der Waals surface area contributed by atoms with E-state index in [4.69, 9.17) is 4.74 Å². The van der Waals surface area contributed by atoms with Crippen molar-refractivity contribution in [1.29, 1.82) is 0 Å². The van der Waals surface area contributed by atoms with Gasteiger partial charge in [0.15, 0.2) is 5.78 Å². The summed E-state index contributed by atoms with van der Waals surface area (Å²) in [6.45, 7) is 0. The molecule has 4 aromatic rings. The monoisotopic (exact) mass is 460 g/mol. The Balaban J connectivity index is 1.74. The number of ketones is 1. The highest BCUT2D eigenvalue weighted by Crippen LogP contribution is 2.28. The average molecular weight is 461 g/mol. The van der Waals surface area contributed by atoms with Crippen LogP contribution in [0.5, 0.6) is 5.75 Å². The largest absolute Gasteiger partial charge is 0.495 e. The Morgan fingerprint density at radius 2 is 1.70 bits per heavy atom. The van der Waals surface area contributed by atoms with Gasteiger partial charge in [-0.1, -0.05) is 54.6 Å². The van der Waals surface area contributed by atoms with E-state index in [0.717, 1.165) is 5.56 Å². The molecule has 8 heteroatoms. The van der Waals surface area contributed by atoms with Crippen LogP contribution in [0.25, 0.3) is 17.0 Å². The second-order valence-electron chi connectivity index (χ2n) is 7.14. The van der Waals surface area contributed by atoms with Gasteiger partial charge in [-0.2, -0.15) is 0 Å². The number of rotatable bonds is 7. The first-order valence-electron chi connectivity index (χ1n) is 9.98. The number of aromatic amines is 1. The predicted octanol–water partition coefficient (Wildman–Crippen LogP) is 4.23. The second kappa shape index (κ2) is 9.13. The van der Waals surface area contributed by atoms with Crippen molar-refractivity contribution in [2.75, 3.05) is 11.8 Å². The van der Waals surface area contributed by atoms with Gasteiger partial charge in [-0.05, 0) is 42.0 Å². The Labute approximate surface area is 190 Å². The Kier molecular flexibility index (Phi) is 6.10. The van der Waals surface area contributed by atoms with Crippen molar-refractivity contribution >= 4 is 38.5 Å². The molecule has 166 valence electrons. The van der Waals surface area contributed by atoms with Gasteiger partial charge in [0.1, 0.15) is 10.6 Å². The molecule has 4 rings (SSSR count). The molecule has 0 amide bonds. The highest BCUT2D eigenvalue weighted by atomic mass is 32.2. The smallest absolute Gasteiger partial charge is 0.265 e. The fourth-order valence-corrected chi connectivity index (χ4v) is 4.62. The van der Waals surface area contributed by atoms with Gasteiger partial charge in [-0.3, -0.25) is 14.3 Å². The number of carbonyl (C=O) groups is 1. The van der Waals surface area contributed by atoms with Crippen LogP contribution in [0.2, 0.25) is 0 Å². The molecule has 0 radical (unpaired) electrons. The number of carbonyl (C=O) groups excluding carboxylic acids is 1. The molecule has 0 aliphatic heterocycles. The SMILES string of the molecule is COc1ccccc1S(=O)(=O)Nc1cccc2[nH]c(=O)c(C(=O)/C=C/c3ccccc3)cc12. The van der Waals surface area contributed by atoms with E-state index in [9.17, 15) is 18.0 Å². The fourth-order valence-electron chi connectivity index (χ4n) is 3.37. The van der Waals surface area contributed by atoms with Crippen LogP contribution in [0.1, 0.15) is 15.9 Å². The quantitative estimate of drug-likeness (QED) is 0.317. The molecule has 0 saturated heterocycles. The molecule has 3 aromatic carbocycles. The standard InChI is InChI=1S/C25H20N2O5S/c1-32-23-12-5-6-13-24(23)33(30,31)27-21-11-7-10-20-18(21)16-19(25(29)26-20)22(28)15-14-17-8-3-2-4-9-17/h2-16,27H,1H3,(H,26,29)/b15-14+. The van der Waals surface area contributed by atoms with E-state index in [2.05, 4.69) is 9.71 Å². The molecule has 2 N–H and O–H groups in total. The summed E-state index contributed by atoms with van der Waals surface area (Å²) in [7, 11) is -2.62. The highest BCUT2D eigenvalue weighted by Gasteiger charge is 2.21. The summed E-state index contributed by atoms with van der Waals surface area (Å²) in [6, 6.07) is 21.6. The van der Waals surface area contributed by atoms with Crippen LogP contribution in [0, 0.1) is 0 Å². The number of para-hydroxylation sites is 1. The minimum Gasteiger partial charge on any atom is -0.495 e. The predicted molar refractivity (Wildman–Crippen MR) is 128 cm³/mol. The molecule has 0 unspecified atom stereocenters. The number of benzene rings is 3. The topological polar surface area (TPSA) is 105 Å². The molecule has 7 nitrogen and oxygen atoms in total. The molecule has 0 aliphatic carbocycles. The van der Waals surface area contributed by atoms with Crippen LogP contribution < -0.4 is 15.0 Å². The fraction of sp³-hybridized carbons (Fsp3) is 0.0400. The Bertz CT molecular complexity index is 1520. The summed E-state index contributed by atoms with van der Waals surface area (Å²) in [5, 5.41) is 0.382. The summed E-state index contributed by atoms with van der Waals surface area (Å²) in [6.07, 6.45) is 2.93. The van der Waals surface area contributed by atoms with Crippen LogP contribution in [-0.2, 0) is 10.0 Å². The third-order valence-electron chi connectivity index (χ3n) is 4.98. The van der Waals surface area contributed by atoms with Crippen LogP contribution in [0.15, 0.2) is 94.6 Å². The molecule has 0 bridgehead atoms. The lowest BCUT2D eigenvalue weighted by Crippen LogP contribution is -2.18. The summed E-state index contributed by atoms with van der Waals surface area (Å²) in [5.74, 6) is -0.301. The summed E-state index contributed by atoms with van der Waals surface area (Å²) in [5.41, 5.74) is 0.765. The Morgan fingerprint density at radius 3 is 2.45 bits per heavy atom. The number of hydrogen-bond acceptors (Lipinski definition) is 5. The molecule has 0 saturated carbocycles. The van der Waals surface area contributed by atoms with Gasteiger partial charge in [-0.15, -0.1) is 0 Å². The van der Waals surface area contributed by atoms with Crippen molar-refractivity contribution in [2.24, 2.45) is 0 Å². The van der Waals surface area contributed by atoms with E-state index in [-0.39, 0.29) is 21.9 Å². The zero-order valence-corrected chi connectivity index (χ0v) is 18.4. The van der Waals surface area contributed by atoms with E-state index in [0.29, 0.717) is 10.9 Å². The van der Waals surface area contributed by atoms with E-state index >= 15 is 0 Å². The van der Waals surface area contributed by atoms with Gasteiger partial charge < -0.3 is 9.72 Å². The number of anilines is 1. The van der Waals surface area contributed by atoms with Gasteiger partial charge in [0.05, 0.1) is 23.9 Å². The third kappa shape index (κ3) is 4.70. The van der Waals surface area contributed by atoms with Gasteiger partial charge >= 0.3 is 0 Å². The van der Waals surface area contributed by atoms with Gasteiger partial charge in [-0.25, -0.2) is 8.42 Å². The van der Waals surface area contributed by atoms with E-state index in [1.807, 2.05) is 30.3 Å². The lowest BCUT2D eigenvalue weighted by Gasteiger charge is -2.13. The minimum atomic E-state index is -4.00. The van der Waals surface area contributed by atoms with Crippen molar-refractivity contribution < 1.29 is 17.9 Å². The van der Waals surface area contributed by atoms with Crippen molar-refractivity contribution in [3.05, 3.63) is 106 Å². The van der Waals surface area contributed by atoms with E-state index in [1.165, 1.54) is 25.3 Å². The maximum Gasteiger partial charge on any atom is 0.265 e. The summed E-state index contributed by atoms with van der Waals surface area (Å²) < 4.78 is 33.8. The average Bonchev–Trinajstić information content (AvgIpc) is 2.82. The molecule has 1 heterocycles. The molecule has 0 fully saturated rings. The van der Waals surface area contributed by atoms with Gasteiger partial charge in [0, 0.05) is 5.39 Å². The summed E-state index contributed by atoms with van der Waals surface area (Å²) >= 11 is 0.